The van der Waals surface area contributed by atoms with Crippen LogP contribution in [0.1, 0.15) is 36.4 Å². The van der Waals surface area contributed by atoms with Gasteiger partial charge in [0.2, 0.25) is 5.91 Å². The van der Waals surface area contributed by atoms with E-state index < -0.39 is 21.8 Å². The SMILES string of the molecule is COc1ccc(S(=O)(=O)n2c(=O)n(C(C(=O)N3CCC(CN(C)C4CCN(C)CC4)C3)c3ccccc3)c3cc(C#N)ccc32)cc1. The Morgan fingerprint density at radius 2 is 1.70 bits per heavy atom. The molecule has 4 aromatic rings. The smallest absolute Gasteiger partial charge is 0.344 e. The van der Waals surface area contributed by atoms with Gasteiger partial charge in [-0.1, -0.05) is 30.3 Å². The van der Waals surface area contributed by atoms with E-state index in [1.54, 1.807) is 29.2 Å². The summed E-state index contributed by atoms with van der Waals surface area (Å²) >= 11 is 0. The Labute approximate surface area is 275 Å². The predicted octanol–water partition coefficient (Wildman–Crippen LogP) is 3.38. The van der Waals surface area contributed by atoms with E-state index in [1.165, 1.54) is 54.1 Å². The van der Waals surface area contributed by atoms with Gasteiger partial charge in [-0.2, -0.15) is 9.23 Å². The molecule has 1 amide bonds. The van der Waals surface area contributed by atoms with Crippen molar-refractivity contribution in [1.82, 2.24) is 23.2 Å². The van der Waals surface area contributed by atoms with Gasteiger partial charge in [0, 0.05) is 25.7 Å². The standard InChI is InChI=1S/C35H40N6O5S/c1-37-18-16-28(17-19-37)38(2)23-26-15-20-39(24-26)34(42)33(27-7-5-4-6-8-27)40-32-21-25(22-36)9-14-31(32)41(35(40)43)47(44,45)30-12-10-29(46-3)11-13-30/h4-14,21,26,28,33H,15-20,23-24H2,1-3H3. The Balaban J connectivity index is 1.40. The van der Waals surface area contributed by atoms with Crippen molar-refractivity contribution < 1.29 is 17.9 Å². The maximum Gasteiger partial charge on any atom is 0.344 e. The van der Waals surface area contributed by atoms with Crippen LogP contribution >= 0.6 is 0 Å². The predicted molar refractivity (Wildman–Crippen MR) is 179 cm³/mol. The summed E-state index contributed by atoms with van der Waals surface area (Å²) in [5.41, 5.74) is 0.173. The first-order valence-electron chi connectivity index (χ1n) is 15.9. The van der Waals surface area contributed by atoms with Gasteiger partial charge in [-0.15, -0.1) is 0 Å². The number of rotatable bonds is 9. The van der Waals surface area contributed by atoms with Crippen LogP contribution in [-0.4, -0.2) is 97.5 Å². The van der Waals surface area contributed by atoms with Gasteiger partial charge in [-0.25, -0.2) is 13.2 Å². The van der Waals surface area contributed by atoms with Gasteiger partial charge < -0.3 is 19.4 Å². The van der Waals surface area contributed by atoms with Crippen LogP contribution in [0.3, 0.4) is 0 Å². The van der Waals surface area contributed by atoms with Crippen LogP contribution < -0.4 is 10.4 Å². The molecule has 1 aromatic heterocycles. The number of likely N-dealkylation sites (tertiary alicyclic amines) is 2. The molecule has 0 radical (unpaired) electrons. The molecule has 2 fully saturated rings. The molecule has 246 valence electrons. The van der Waals surface area contributed by atoms with Gasteiger partial charge >= 0.3 is 5.69 Å². The monoisotopic (exact) mass is 656 g/mol. The second-order valence-corrected chi connectivity index (χ2v) is 14.4. The lowest BCUT2D eigenvalue weighted by molar-refractivity contribution is -0.132. The summed E-state index contributed by atoms with van der Waals surface area (Å²) in [5.74, 6) is 0.457. The number of aromatic nitrogens is 2. The van der Waals surface area contributed by atoms with Crippen molar-refractivity contribution in [2.24, 2.45) is 5.92 Å². The van der Waals surface area contributed by atoms with E-state index in [9.17, 15) is 23.3 Å². The molecule has 0 bridgehead atoms. The highest BCUT2D eigenvalue weighted by molar-refractivity contribution is 7.90. The minimum atomic E-state index is -4.41. The number of fused-ring (bicyclic) bond motifs is 1. The van der Waals surface area contributed by atoms with Gasteiger partial charge in [0.25, 0.3) is 10.0 Å². The van der Waals surface area contributed by atoms with Crippen LogP contribution in [0.25, 0.3) is 11.0 Å². The summed E-state index contributed by atoms with van der Waals surface area (Å²) in [6.45, 7) is 4.11. The van der Waals surface area contributed by atoms with Crippen molar-refractivity contribution >= 4 is 27.0 Å². The molecule has 2 saturated heterocycles. The number of benzene rings is 3. The van der Waals surface area contributed by atoms with Crippen molar-refractivity contribution in [3.05, 3.63) is 94.4 Å². The van der Waals surface area contributed by atoms with Crippen LogP contribution in [0.15, 0.2) is 82.5 Å². The lowest BCUT2D eigenvalue weighted by Crippen LogP contribution is -2.44. The summed E-state index contributed by atoms with van der Waals surface area (Å²) in [7, 11) is 1.39. The fourth-order valence-electron chi connectivity index (χ4n) is 6.98. The van der Waals surface area contributed by atoms with Crippen LogP contribution in [0.4, 0.5) is 0 Å². The minimum absolute atomic E-state index is 0.0811. The normalized spacial score (nSPS) is 18.4. The van der Waals surface area contributed by atoms with E-state index >= 15 is 0 Å². The number of hydrogen-bond acceptors (Lipinski definition) is 8. The molecule has 0 aliphatic carbocycles. The van der Waals surface area contributed by atoms with E-state index in [0.717, 1.165) is 42.9 Å². The molecule has 6 rings (SSSR count). The third-order valence-corrected chi connectivity index (χ3v) is 11.3. The molecule has 2 unspecified atom stereocenters. The number of hydrogen-bond donors (Lipinski definition) is 0. The van der Waals surface area contributed by atoms with E-state index in [2.05, 4.69) is 30.0 Å². The zero-order chi connectivity index (χ0) is 33.3. The van der Waals surface area contributed by atoms with E-state index in [-0.39, 0.29) is 33.3 Å². The first-order chi connectivity index (χ1) is 22.6. The molecule has 0 spiro atoms. The fraction of sp³-hybridized carbons (Fsp3) is 0.400. The first kappa shape index (κ1) is 32.5. The highest BCUT2D eigenvalue weighted by Crippen LogP contribution is 2.30. The van der Waals surface area contributed by atoms with Gasteiger partial charge in [0.15, 0.2) is 0 Å². The summed E-state index contributed by atoms with van der Waals surface area (Å²) in [6.07, 6.45) is 3.08. The number of ether oxygens (including phenoxy) is 1. The number of imidazole rings is 1. The summed E-state index contributed by atoms with van der Waals surface area (Å²) in [5, 5.41) is 9.74. The number of amides is 1. The maximum atomic E-state index is 14.6. The summed E-state index contributed by atoms with van der Waals surface area (Å²) < 4.78 is 35.3. The number of carbonyl (C=O) groups is 1. The number of nitrogens with zero attached hydrogens (tertiary/aromatic N) is 6. The highest BCUT2D eigenvalue weighted by atomic mass is 32.2. The molecule has 0 N–H and O–H groups in total. The lowest BCUT2D eigenvalue weighted by Gasteiger charge is -2.36. The largest absolute Gasteiger partial charge is 0.497 e. The number of piperidine rings is 1. The van der Waals surface area contributed by atoms with Gasteiger partial charge in [-0.05, 0) is 100 Å². The van der Waals surface area contributed by atoms with Gasteiger partial charge in [0.1, 0.15) is 11.8 Å². The lowest BCUT2D eigenvalue weighted by atomic mass is 10.0. The van der Waals surface area contributed by atoms with Crippen LogP contribution in [-0.2, 0) is 14.8 Å². The van der Waals surface area contributed by atoms with Crippen LogP contribution in [0.2, 0.25) is 0 Å². The number of methoxy groups -OCH3 is 1. The minimum Gasteiger partial charge on any atom is -0.497 e. The van der Waals surface area contributed by atoms with Crippen LogP contribution in [0.5, 0.6) is 5.75 Å². The van der Waals surface area contributed by atoms with Crippen molar-refractivity contribution in [2.75, 3.05) is 53.9 Å². The Morgan fingerprint density at radius 1 is 1.00 bits per heavy atom. The molecular formula is C35H40N6O5S. The third-order valence-electron chi connectivity index (χ3n) is 9.62. The molecular weight excluding hydrogens is 616 g/mol. The molecule has 2 atom stereocenters. The third kappa shape index (κ3) is 6.31. The highest BCUT2D eigenvalue weighted by Gasteiger charge is 2.37. The molecule has 3 aromatic carbocycles. The van der Waals surface area contributed by atoms with E-state index in [1.807, 2.05) is 6.07 Å². The Hall–Kier alpha value is -4.44. The van der Waals surface area contributed by atoms with E-state index in [0.29, 0.717) is 30.4 Å². The molecule has 47 heavy (non-hydrogen) atoms. The zero-order valence-corrected chi connectivity index (χ0v) is 27.8. The van der Waals surface area contributed by atoms with Gasteiger partial charge in [0.05, 0.1) is 34.7 Å². The molecule has 2 aliphatic heterocycles. The molecule has 0 saturated carbocycles. The molecule has 12 heteroatoms. The topological polar surface area (TPSA) is 121 Å². The summed E-state index contributed by atoms with van der Waals surface area (Å²) in [4.78, 5) is 35.5. The average Bonchev–Trinajstić information content (AvgIpc) is 3.67. The molecule has 3 heterocycles. The maximum absolute atomic E-state index is 14.6. The van der Waals surface area contributed by atoms with Crippen LogP contribution in [0, 0.1) is 17.2 Å². The van der Waals surface area contributed by atoms with E-state index in [4.69, 9.17) is 4.74 Å². The molecule has 2 aliphatic rings. The Morgan fingerprint density at radius 3 is 2.36 bits per heavy atom. The van der Waals surface area contributed by atoms with Crippen molar-refractivity contribution in [2.45, 2.75) is 36.2 Å². The fourth-order valence-corrected chi connectivity index (χ4v) is 8.38. The quantitative estimate of drug-likeness (QED) is 0.269. The first-order valence-corrected chi connectivity index (χ1v) is 17.4. The Bertz CT molecular complexity index is 1960. The van der Waals surface area contributed by atoms with Crippen molar-refractivity contribution in [3.63, 3.8) is 0 Å². The second-order valence-electron chi connectivity index (χ2n) is 12.6. The number of nitriles is 1. The Kier molecular flexibility index (Phi) is 9.23. The second kappa shape index (κ2) is 13.4. The van der Waals surface area contributed by atoms with Gasteiger partial charge in [-0.3, -0.25) is 9.36 Å². The summed E-state index contributed by atoms with van der Waals surface area (Å²) in [6, 6.07) is 20.6. The molecule has 11 nitrogen and oxygen atoms in total. The van der Waals surface area contributed by atoms with Crippen molar-refractivity contribution in [3.8, 4) is 11.8 Å². The average molecular weight is 657 g/mol. The zero-order valence-electron chi connectivity index (χ0n) is 26.9. The number of carbonyl (C=O) groups excluding carboxylic acids is 1. The van der Waals surface area contributed by atoms with Crippen molar-refractivity contribution in [1.29, 1.82) is 5.26 Å².